The zero-order chi connectivity index (χ0) is 20.5. The van der Waals surface area contributed by atoms with Crippen molar-refractivity contribution < 1.29 is 29.6 Å². The van der Waals surface area contributed by atoms with Crippen LogP contribution in [-0.2, 0) is 20.1 Å². The van der Waals surface area contributed by atoms with Gasteiger partial charge in [-0.25, -0.2) is 15.0 Å². The smallest absolute Gasteiger partial charge is 0.283 e. The maximum Gasteiger partial charge on any atom is 0.283 e. The van der Waals surface area contributed by atoms with Crippen LogP contribution in [0.25, 0.3) is 11.2 Å². The molecule has 152 valence electrons. The first-order valence-corrected chi connectivity index (χ1v) is 8.79. The number of carbonyl (C=O) groups excluding carboxylic acids is 2. The Hall–Kier alpha value is -2.67. The highest BCUT2D eigenvalue weighted by molar-refractivity contribution is 5.99. The van der Waals surface area contributed by atoms with E-state index in [0.717, 1.165) is 23.6 Å². The van der Waals surface area contributed by atoms with Crippen molar-refractivity contribution in [1.29, 1.82) is 0 Å². The maximum absolute atomic E-state index is 13.1. The summed E-state index contributed by atoms with van der Waals surface area (Å²) in [6.45, 7) is 1.23. The normalized spacial score (nSPS) is 27.2. The van der Waals surface area contributed by atoms with Crippen molar-refractivity contribution >= 4 is 28.8 Å². The molecule has 12 nitrogen and oxygen atoms in total. The van der Waals surface area contributed by atoms with E-state index in [9.17, 15) is 24.9 Å². The van der Waals surface area contributed by atoms with Gasteiger partial charge in [-0.05, 0) is 6.42 Å². The lowest BCUT2D eigenvalue weighted by molar-refractivity contribution is -0.177. The molecule has 12 heteroatoms. The Morgan fingerprint density at radius 1 is 1.36 bits per heavy atom. The summed E-state index contributed by atoms with van der Waals surface area (Å²) in [4.78, 5) is 37.0. The van der Waals surface area contributed by atoms with Crippen LogP contribution in [-0.4, -0.2) is 71.6 Å². The van der Waals surface area contributed by atoms with E-state index in [-0.39, 0.29) is 23.4 Å². The van der Waals surface area contributed by atoms with Gasteiger partial charge >= 0.3 is 0 Å². The Morgan fingerprint density at radius 2 is 2.11 bits per heavy atom. The van der Waals surface area contributed by atoms with Gasteiger partial charge < -0.3 is 25.8 Å². The average molecular weight is 394 g/mol. The van der Waals surface area contributed by atoms with E-state index in [0.29, 0.717) is 6.42 Å². The van der Waals surface area contributed by atoms with Crippen molar-refractivity contribution in [2.75, 3.05) is 12.3 Å². The predicted octanol–water partition coefficient (Wildman–Crippen LogP) is -1.99. The van der Waals surface area contributed by atoms with Crippen LogP contribution >= 0.6 is 0 Å². The molecule has 0 unspecified atom stereocenters. The standard InChI is InChI=1S/C16H22N6O6/c1-2-3-4-9(24)21-15(27)16(12(26)11(25)8(5-23)28-16)22-7-20-10-13(17)18-6-19-14(10)22/h6-8,11-12,23,25-26H,2-5H2,1H3,(H2,17,18,19)(H,21,24,27)/t8-,11-,12-,16+/m1/s1. The fourth-order valence-electron chi connectivity index (χ4n) is 3.16. The fourth-order valence-corrected chi connectivity index (χ4v) is 3.16. The number of hydrogen-bond acceptors (Lipinski definition) is 10. The lowest BCUT2D eigenvalue weighted by Gasteiger charge is -2.31. The van der Waals surface area contributed by atoms with E-state index < -0.39 is 42.5 Å². The van der Waals surface area contributed by atoms with E-state index >= 15 is 0 Å². The Bertz CT molecular complexity index is 888. The molecule has 0 spiro atoms. The number of aromatic nitrogens is 4. The van der Waals surface area contributed by atoms with Crippen LogP contribution in [0, 0.1) is 0 Å². The number of amides is 2. The second-order valence-electron chi connectivity index (χ2n) is 6.50. The molecule has 4 atom stereocenters. The molecule has 2 amide bonds. The third-order valence-corrected chi connectivity index (χ3v) is 4.67. The van der Waals surface area contributed by atoms with Gasteiger partial charge in [0.25, 0.3) is 11.6 Å². The number of aliphatic hydroxyl groups is 3. The molecule has 0 bridgehead atoms. The van der Waals surface area contributed by atoms with Gasteiger partial charge in [0.15, 0.2) is 11.5 Å². The maximum atomic E-state index is 13.1. The molecule has 1 aliphatic heterocycles. The average Bonchev–Trinajstić information content (AvgIpc) is 3.22. The van der Waals surface area contributed by atoms with E-state index in [4.69, 9.17) is 10.5 Å². The second-order valence-corrected chi connectivity index (χ2v) is 6.50. The monoisotopic (exact) mass is 394 g/mol. The summed E-state index contributed by atoms with van der Waals surface area (Å²) in [5.41, 5.74) is 3.67. The lowest BCUT2D eigenvalue weighted by Crippen LogP contribution is -2.57. The number of nitrogens with zero attached hydrogens (tertiary/aromatic N) is 4. The highest BCUT2D eigenvalue weighted by Gasteiger charge is 2.61. The van der Waals surface area contributed by atoms with Gasteiger partial charge in [0.2, 0.25) is 5.91 Å². The summed E-state index contributed by atoms with van der Waals surface area (Å²) < 4.78 is 6.67. The SMILES string of the molecule is CCCCC(=O)NC(=O)[C@@]1(n2cnc3c(N)ncnc32)O[C@H](CO)[C@@H](O)[C@H]1O. The molecule has 3 heterocycles. The van der Waals surface area contributed by atoms with Crippen LogP contribution in [0.1, 0.15) is 26.2 Å². The molecular weight excluding hydrogens is 372 g/mol. The van der Waals surface area contributed by atoms with E-state index in [2.05, 4.69) is 20.3 Å². The largest absolute Gasteiger partial charge is 0.394 e. The number of rotatable bonds is 6. The third-order valence-electron chi connectivity index (χ3n) is 4.67. The van der Waals surface area contributed by atoms with Crippen LogP contribution in [0.5, 0.6) is 0 Å². The Balaban J connectivity index is 2.09. The molecule has 0 radical (unpaired) electrons. The summed E-state index contributed by atoms with van der Waals surface area (Å²) >= 11 is 0. The zero-order valence-electron chi connectivity index (χ0n) is 15.1. The van der Waals surface area contributed by atoms with Crippen LogP contribution in [0.4, 0.5) is 5.82 Å². The summed E-state index contributed by atoms with van der Waals surface area (Å²) in [6, 6.07) is 0. The summed E-state index contributed by atoms with van der Waals surface area (Å²) in [7, 11) is 0. The number of imide groups is 1. The molecule has 0 aromatic carbocycles. The van der Waals surface area contributed by atoms with Gasteiger partial charge in [-0.2, -0.15) is 0 Å². The van der Waals surface area contributed by atoms with Gasteiger partial charge in [0.05, 0.1) is 6.61 Å². The molecule has 6 N–H and O–H groups in total. The number of unbranched alkanes of at least 4 members (excludes halogenated alkanes) is 1. The summed E-state index contributed by atoms with van der Waals surface area (Å²) in [5, 5.41) is 32.6. The quantitative estimate of drug-likeness (QED) is 0.367. The fraction of sp³-hybridized carbons (Fsp3) is 0.562. The van der Waals surface area contributed by atoms with Crippen molar-refractivity contribution in [2.45, 2.75) is 50.2 Å². The molecule has 3 rings (SSSR count). The number of nitrogens with two attached hydrogens (primary N) is 1. The minimum absolute atomic E-state index is 0.0325. The van der Waals surface area contributed by atoms with Crippen molar-refractivity contribution in [3.8, 4) is 0 Å². The topological polar surface area (TPSA) is 186 Å². The minimum atomic E-state index is -2.29. The number of carbonyl (C=O) groups is 2. The second kappa shape index (κ2) is 7.75. The number of hydrogen-bond donors (Lipinski definition) is 5. The van der Waals surface area contributed by atoms with Gasteiger partial charge in [-0.3, -0.25) is 19.5 Å². The molecule has 28 heavy (non-hydrogen) atoms. The Kier molecular flexibility index (Phi) is 5.56. The van der Waals surface area contributed by atoms with Gasteiger partial charge in [-0.1, -0.05) is 13.3 Å². The highest BCUT2D eigenvalue weighted by atomic mass is 16.6. The molecule has 0 saturated carbocycles. The number of imidazole rings is 1. The molecular formula is C16H22N6O6. The predicted molar refractivity (Wildman–Crippen MR) is 94.4 cm³/mol. The number of aliphatic hydroxyl groups excluding tert-OH is 3. The Labute approximate surface area is 159 Å². The Morgan fingerprint density at radius 3 is 2.75 bits per heavy atom. The highest BCUT2D eigenvalue weighted by Crippen LogP contribution is 2.38. The zero-order valence-corrected chi connectivity index (χ0v) is 15.1. The van der Waals surface area contributed by atoms with Gasteiger partial charge in [-0.15, -0.1) is 0 Å². The third kappa shape index (κ3) is 3.09. The number of ether oxygens (including phenoxy) is 1. The van der Waals surface area contributed by atoms with Crippen molar-refractivity contribution in [3.05, 3.63) is 12.7 Å². The number of nitrogen functional groups attached to an aromatic ring is 1. The number of fused-ring (bicyclic) bond motifs is 1. The van der Waals surface area contributed by atoms with Crippen molar-refractivity contribution in [3.63, 3.8) is 0 Å². The first-order valence-electron chi connectivity index (χ1n) is 8.79. The van der Waals surface area contributed by atoms with Gasteiger partial charge in [0, 0.05) is 6.42 Å². The van der Waals surface area contributed by atoms with Gasteiger partial charge in [0.1, 0.15) is 36.5 Å². The van der Waals surface area contributed by atoms with Crippen molar-refractivity contribution in [2.24, 2.45) is 0 Å². The molecule has 2 aromatic heterocycles. The molecule has 1 fully saturated rings. The molecule has 2 aromatic rings. The first kappa shape index (κ1) is 20.1. The van der Waals surface area contributed by atoms with E-state index in [1.165, 1.54) is 0 Å². The number of nitrogens with one attached hydrogen (secondary N) is 1. The number of anilines is 1. The van der Waals surface area contributed by atoms with E-state index in [1.807, 2.05) is 6.92 Å². The lowest BCUT2D eigenvalue weighted by atomic mass is 10.0. The molecule has 0 aliphatic carbocycles. The summed E-state index contributed by atoms with van der Waals surface area (Å²) in [5.74, 6) is -1.56. The van der Waals surface area contributed by atoms with Crippen molar-refractivity contribution in [1.82, 2.24) is 24.8 Å². The minimum Gasteiger partial charge on any atom is -0.394 e. The van der Waals surface area contributed by atoms with Crippen LogP contribution < -0.4 is 11.1 Å². The molecule has 1 aliphatic rings. The summed E-state index contributed by atoms with van der Waals surface area (Å²) in [6.07, 6.45) is -1.01. The van der Waals surface area contributed by atoms with Crippen LogP contribution in [0.15, 0.2) is 12.7 Å². The molecule has 1 saturated heterocycles. The van der Waals surface area contributed by atoms with E-state index in [1.54, 1.807) is 0 Å². The van der Waals surface area contributed by atoms with Crippen LogP contribution in [0.2, 0.25) is 0 Å². The first-order chi connectivity index (χ1) is 13.4. The van der Waals surface area contributed by atoms with Crippen LogP contribution in [0.3, 0.4) is 0 Å².